The predicted octanol–water partition coefficient (Wildman–Crippen LogP) is 2.35. The molecule has 0 spiro atoms. The Kier molecular flexibility index (Phi) is 6.03. The van der Waals surface area contributed by atoms with E-state index in [4.69, 9.17) is 12.2 Å². The number of phenolic OH excluding ortho intramolecular Hbond substituents is 2. The van der Waals surface area contributed by atoms with E-state index in [0.717, 1.165) is 37.1 Å². The Balaban J connectivity index is 1.61. The van der Waals surface area contributed by atoms with E-state index in [1.54, 1.807) is 24.3 Å². The van der Waals surface area contributed by atoms with Gasteiger partial charge in [-0.25, -0.2) is 0 Å². The van der Waals surface area contributed by atoms with Crippen LogP contribution in [0.4, 0.5) is 0 Å². The van der Waals surface area contributed by atoms with Gasteiger partial charge in [0.05, 0.1) is 0 Å². The number of hydrogen-bond donors (Lipinski definition) is 4. The highest BCUT2D eigenvalue weighted by Gasteiger charge is 1.98. The molecule has 0 aliphatic carbocycles. The van der Waals surface area contributed by atoms with E-state index in [0.29, 0.717) is 5.11 Å². The molecule has 0 bridgehead atoms. The van der Waals surface area contributed by atoms with Gasteiger partial charge >= 0.3 is 0 Å². The van der Waals surface area contributed by atoms with Crippen molar-refractivity contribution in [1.82, 2.24) is 10.6 Å². The lowest BCUT2D eigenvalue weighted by molar-refractivity contribution is 0.474. The molecule has 0 aromatic heterocycles. The van der Waals surface area contributed by atoms with Crippen molar-refractivity contribution in [3.05, 3.63) is 59.7 Å². The number of benzene rings is 2. The molecule has 0 fully saturated rings. The lowest BCUT2D eigenvalue weighted by Gasteiger charge is -2.10. The maximum absolute atomic E-state index is 9.22. The molecule has 0 saturated heterocycles. The van der Waals surface area contributed by atoms with Crippen LogP contribution >= 0.6 is 12.2 Å². The Morgan fingerprint density at radius 3 is 1.45 bits per heavy atom. The molecule has 0 heterocycles. The molecular weight excluding hydrogens is 296 g/mol. The van der Waals surface area contributed by atoms with Crippen LogP contribution < -0.4 is 10.6 Å². The van der Waals surface area contributed by atoms with Crippen LogP contribution in [0, 0.1) is 0 Å². The zero-order valence-corrected chi connectivity index (χ0v) is 13.1. The summed E-state index contributed by atoms with van der Waals surface area (Å²) in [5, 5.41) is 25.4. The van der Waals surface area contributed by atoms with Crippen molar-refractivity contribution in [3.8, 4) is 11.5 Å². The highest BCUT2D eigenvalue weighted by atomic mass is 32.1. The van der Waals surface area contributed by atoms with Gasteiger partial charge in [0.25, 0.3) is 0 Å². The molecule has 0 unspecified atom stereocenters. The molecule has 5 heteroatoms. The molecule has 0 radical (unpaired) electrons. The van der Waals surface area contributed by atoms with E-state index >= 15 is 0 Å². The summed E-state index contributed by atoms with van der Waals surface area (Å²) < 4.78 is 0. The first-order valence-electron chi connectivity index (χ1n) is 7.21. The monoisotopic (exact) mass is 316 g/mol. The van der Waals surface area contributed by atoms with Crippen molar-refractivity contribution in [1.29, 1.82) is 0 Å². The summed E-state index contributed by atoms with van der Waals surface area (Å²) in [7, 11) is 0. The van der Waals surface area contributed by atoms with Crippen molar-refractivity contribution >= 4 is 17.3 Å². The molecule has 0 aliphatic heterocycles. The second kappa shape index (κ2) is 8.24. The van der Waals surface area contributed by atoms with Crippen LogP contribution in [0.25, 0.3) is 0 Å². The molecule has 4 N–H and O–H groups in total. The van der Waals surface area contributed by atoms with Gasteiger partial charge in [-0.2, -0.15) is 0 Å². The van der Waals surface area contributed by atoms with E-state index in [2.05, 4.69) is 10.6 Å². The fourth-order valence-corrected chi connectivity index (χ4v) is 2.23. The number of nitrogens with one attached hydrogen (secondary N) is 2. The van der Waals surface area contributed by atoms with Crippen molar-refractivity contribution in [2.75, 3.05) is 13.1 Å². The van der Waals surface area contributed by atoms with E-state index in [-0.39, 0.29) is 11.5 Å². The van der Waals surface area contributed by atoms with Gasteiger partial charge in [0.15, 0.2) is 5.11 Å². The average molecular weight is 316 g/mol. The molecule has 2 aromatic carbocycles. The standard InChI is InChI=1S/C17H20N2O2S/c20-15-5-1-13(2-6-15)9-11-18-17(22)19-12-10-14-3-7-16(21)8-4-14/h1-8,20-21H,9-12H2,(H2,18,19,22). The van der Waals surface area contributed by atoms with Gasteiger partial charge < -0.3 is 20.8 Å². The second-order valence-electron chi connectivity index (χ2n) is 5.02. The van der Waals surface area contributed by atoms with Gasteiger partial charge in [-0.05, 0) is 60.5 Å². The van der Waals surface area contributed by atoms with Gasteiger partial charge in [0, 0.05) is 13.1 Å². The predicted molar refractivity (Wildman–Crippen MR) is 92.2 cm³/mol. The first-order valence-corrected chi connectivity index (χ1v) is 7.62. The summed E-state index contributed by atoms with van der Waals surface area (Å²) in [4.78, 5) is 0. The van der Waals surface area contributed by atoms with Crippen LogP contribution in [0.1, 0.15) is 11.1 Å². The molecule has 0 atom stereocenters. The minimum Gasteiger partial charge on any atom is -0.508 e. The summed E-state index contributed by atoms with van der Waals surface area (Å²) in [5.74, 6) is 0.561. The number of rotatable bonds is 6. The van der Waals surface area contributed by atoms with Crippen molar-refractivity contribution in [2.24, 2.45) is 0 Å². The Hall–Kier alpha value is -2.27. The van der Waals surface area contributed by atoms with Crippen LogP contribution in [-0.4, -0.2) is 28.4 Å². The average Bonchev–Trinajstić information content (AvgIpc) is 2.51. The molecule has 0 amide bonds. The zero-order valence-electron chi connectivity index (χ0n) is 12.2. The molecule has 4 nitrogen and oxygen atoms in total. The van der Waals surface area contributed by atoms with Crippen LogP contribution in [0.2, 0.25) is 0 Å². The molecule has 0 aliphatic rings. The number of phenols is 2. The largest absolute Gasteiger partial charge is 0.508 e. The first-order chi connectivity index (χ1) is 10.6. The van der Waals surface area contributed by atoms with Crippen LogP contribution in [0.5, 0.6) is 11.5 Å². The van der Waals surface area contributed by atoms with Crippen molar-refractivity contribution in [3.63, 3.8) is 0 Å². The Morgan fingerprint density at radius 1 is 0.727 bits per heavy atom. The Bertz CT molecular complexity index is 544. The lowest BCUT2D eigenvalue weighted by atomic mass is 10.1. The van der Waals surface area contributed by atoms with Gasteiger partial charge in [-0.3, -0.25) is 0 Å². The topological polar surface area (TPSA) is 64.5 Å². The van der Waals surface area contributed by atoms with Crippen LogP contribution in [0.3, 0.4) is 0 Å². The minimum absolute atomic E-state index is 0.281. The normalized spacial score (nSPS) is 10.2. The highest BCUT2D eigenvalue weighted by Crippen LogP contribution is 2.10. The minimum atomic E-state index is 0.281. The van der Waals surface area contributed by atoms with Crippen LogP contribution in [-0.2, 0) is 12.8 Å². The van der Waals surface area contributed by atoms with Gasteiger partial charge in [-0.1, -0.05) is 24.3 Å². The van der Waals surface area contributed by atoms with Gasteiger partial charge in [0.1, 0.15) is 11.5 Å². The highest BCUT2D eigenvalue weighted by molar-refractivity contribution is 7.80. The SMILES string of the molecule is Oc1ccc(CCNC(=S)NCCc2ccc(O)cc2)cc1. The quantitative estimate of drug-likeness (QED) is 0.616. The number of hydrogen-bond acceptors (Lipinski definition) is 3. The second-order valence-corrected chi connectivity index (χ2v) is 5.42. The molecule has 0 saturated carbocycles. The fraction of sp³-hybridized carbons (Fsp3) is 0.235. The summed E-state index contributed by atoms with van der Waals surface area (Å²) in [6.45, 7) is 1.49. The van der Waals surface area contributed by atoms with Crippen molar-refractivity contribution in [2.45, 2.75) is 12.8 Å². The number of thiocarbonyl (C=S) groups is 1. The third-order valence-corrected chi connectivity index (χ3v) is 3.56. The van der Waals surface area contributed by atoms with Gasteiger partial charge in [-0.15, -0.1) is 0 Å². The fourth-order valence-electron chi connectivity index (χ4n) is 2.03. The summed E-state index contributed by atoms with van der Waals surface area (Å²) in [6, 6.07) is 14.3. The van der Waals surface area contributed by atoms with Crippen LogP contribution in [0.15, 0.2) is 48.5 Å². The summed E-state index contributed by atoms with van der Waals surface area (Å²) >= 11 is 5.22. The van der Waals surface area contributed by atoms with Crippen molar-refractivity contribution < 1.29 is 10.2 Å². The lowest BCUT2D eigenvalue weighted by Crippen LogP contribution is -2.37. The third kappa shape index (κ3) is 5.61. The Morgan fingerprint density at radius 2 is 1.09 bits per heavy atom. The maximum Gasteiger partial charge on any atom is 0.166 e. The van der Waals surface area contributed by atoms with E-state index in [9.17, 15) is 10.2 Å². The molecule has 2 rings (SSSR count). The first kappa shape index (κ1) is 16.1. The Labute approximate surface area is 135 Å². The molecule has 22 heavy (non-hydrogen) atoms. The molecular formula is C17H20N2O2S. The smallest absolute Gasteiger partial charge is 0.166 e. The molecule has 2 aromatic rings. The van der Waals surface area contributed by atoms with E-state index < -0.39 is 0 Å². The summed E-state index contributed by atoms with van der Waals surface area (Å²) in [5.41, 5.74) is 2.30. The summed E-state index contributed by atoms with van der Waals surface area (Å²) in [6.07, 6.45) is 1.69. The molecule has 116 valence electrons. The van der Waals surface area contributed by atoms with E-state index in [1.807, 2.05) is 24.3 Å². The number of aromatic hydroxyl groups is 2. The van der Waals surface area contributed by atoms with E-state index in [1.165, 1.54) is 0 Å². The zero-order chi connectivity index (χ0) is 15.8. The third-order valence-electron chi connectivity index (χ3n) is 3.27. The maximum atomic E-state index is 9.22. The van der Waals surface area contributed by atoms with Gasteiger partial charge in [0.2, 0.25) is 0 Å².